The molecule has 0 aromatic rings. The quantitative estimate of drug-likeness (QED) is 0.759. The van der Waals surface area contributed by atoms with Gasteiger partial charge in [-0.25, -0.2) is 0 Å². The Balaban J connectivity index is 1.94. The summed E-state index contributed by atoms with van der Waals surface area (Å²) in [6, 6.07) is 0.292. The van der Waals surface area contributed by atoms with Gasteiger partial charge in [0.25, 0.3) is 0 Å². The summed E-state index contributed by atoms with van der Waals surface area (Å²) in [6.45, 7) is 4.39. The number of allylic oxidation sites excluding steroid dienone is 1. The zero-order chi connectivity index (χ0) is 12.8. The Morgan fingerprint density at radius 3 is 3.00 bits per heavy atom. The van der Waals surface area contributed by atoms with Gasteiger partial charge in [0.2, 0.25) is 0 Å². The molecule has 0 spiro atoms. The van der Waals surface area contributed by atoms with Crippen LogP contribution in [0.1, 0.15) is 51.9 Å². The Morgan fingerprint density at radius 1 is 1.39 bits per heavy atom. The van der Waals surface area contributed by atoms with Gasteiger partial charge in [0.15, 0.2) is 0 Å². The first kappa shape index (κ1) is 14.0. The molecule has 3 heteroatoms. The lowest BCUT2D eigenvalue weighted by atomic mass is 9.83. The highest BCUT2D eigenvalue weighted by atomic mass is 16.5. The van der Waals surface area contributed by atoms with E-state index in [1.807, 2.05) is 6.92 Å². The van der Waals surface area contributed by atoms with Gasteiger partial charge in [-0.2, -0.15) is 0 Å². The third-order valence-corrected chi connectivity index (χ3v) is 4.13. The van der Waals surface area contributed by atoms with Crippen LogP contribution in [-0.2, 0) is 4.74 Å². The maximum Gasteiger partial charge on any atom is 0.0844 e. The van der Waals surface area contributed by atoms with Gasteiger partial charge < -0.3 is 15.2 Å². The van der Waals surface area contributed by atoms with Crippen LogP contribution in [0.5, 0.6) is 0 Å². The van der Waals surface area contributed by atoms with Crippen LogP contribution in [0.3, 0.4) is 0 Å². The molecule has 2 N–H and O–H groups in total. The maximum absolute atomic E-state index is 10.7. The lowest BCUT2D eigenvalue weighted by Gasteiger charge is -2.34. The van der Waals surface area contributed by atoms with Crippen molar-refractivity contribution in [2.45, 2.75) is 63.5 Å². The SMILES string of the molecule is CC(O)(CC1COCCN1)C1=CCCCCCC1. The van der Waals surface area contributed by atoms with Crippen LogP contribution in [0.2, 0.25) is 0 Å². The molecule has 0 amide bonds. The molecule has 0 radical (unpaired) electrons. The number of ether oxygens (including phenoxy) is 1. The van der Waals surface area contributed by atoms with Crippen LogP contribution in [0.25, 0.3) is 0 Å². The first-order valence-corrected chi connectivity index (χ1v) is 7.41. The molecule has 0 bridgehead atoms. The van der Waals surface area contributed by atoms with E-state index in [1.54, 1.807) is 0 Å². The summed E-state index contributed by atoms with van der Waals surface area (Å²) in [5.74, 6) is 0. The zero-order valence-corrected chi connectivity index (χ0v) is 11.6. The molecule has 3 nitrogen and oxygen atoms in total. The summed E-state index contributed by atoms with van der Waals surface area (Å²) in [5, 5.41) is 14.2. The maximum atomic E-state index is 10.7. The Labute approximate surface area is 111 Å². The Hall–Kier alpha value is -0.380. The van der Waals surface area contributed by atoms with Crippen molar-refractivity contribution >= 4 is 0 Å². The topological polar surface area (TPSA) is 41.5 Å². The first-order valence-electron chi connectivity index (χ1n) is 7.41. The van der Waals surface area contributed by atoms with Crippen LogP contribution in [0, 0.1) is 0 Å². The van der Waals surface area contributed by atoms with Gasteiger partial charge in [-0.15, -0.1) is 0 Å². The molecule has 1 saturated heterocycles. The number of rotatable bonds is 3. The fraction of sp³-hybridized carbons (Fsp3) is 0.867. The molecule has 2 rings (SSSR count). The second kappa shape index (κ2) is 6.69. The fourth-order valence-electron chi connectivity index (χ4n) is 3.04. The molecule has 1 fully saturated rings. The number of hydrogen-bond acceptors (Lipinski definition) is 3. The smallest absolute Gasteiger partial charge is 0.0844 e. The van der Waals surface area contributed by atoms with Crippen molar-refractivity contribution < 1.29 is 9.84 Å². The molecule has 2 unspecified atom stereocenters. The minimum atomic E-state index is -0.671. The van der Waals surface area contributed by atoms with Crippen molar-refractivity contribution in [2.24, 2.45) is 0 Å². The van der Waals surface area contributed by atoms with E-state index in [9.17, 15) is 5.11 Å². The van der Waals surface area contributed by atoms with Gasteiger partial charge in [0, 0.05) is 12.6 Å². The van der Waals surface area contributed by atoms with Crippen LogP contribution in [0.15, 0.2) is 11.6 Å². The number of aliphatic hydroxyl groups is 1. The van der Waals surface area contributed by atoms with E-state index in [-0.39, 0.29) is 0 Å². The summed E-state index contributed by atoms with van der Waals surface area (Å²) < 4.78 is 5.47. The van der Waals surface area contributed by atoms with Gasteiger partial charge >= 0.3 is 0 Å². The van der Waals surface area contributed by atoms with E-state index in [0.29, 0.717) is 6.04 Å². The normalized spacial score (nSPS) is 29.9. The molecular weight excluding hydrogens is 226 g/mol. The van der Waals surface area contributed by atoms with Crippen LogP contribution < -0.4 is 5.32 Å². The molecule has 2 aliphatic rings. The van der Waals surface area contributed by atoms with Crippen molar-refractivity contribution in [3.63, 3.8) is 0 Å². The van der Waals surface area contributed by atoms with E-state index >= 15 is 0 Å². The second-order valence-corrected chi connectivity index (χ2v) is 5.89. The molecule has 0 aromatic heterocycles. The molecule has 1 aliphatic heterocycles. The summed E-state index contributed by atoms with van der Waals surface area (Å²) in [7, 11) is 0. The molecule has 18 heavy (non-hydrogen) atoms. The highest BCUT2D eigenvalue weighted by Crippen LogP contribution is 2.29. The summed E-state index contributed by atoms with van der Waals surface area (Å²) in [4.78, 5) is 0. The number of hydrogen-bond donors (Lipinski definition) is 2. The number of nitrogens with one attached hydrogen (secondary N) is 1. The molecular formula is C15H27NO2. The third-order valence-electron chi connectivity index (χ3n) is 4.13. The average Bonchev–Trinajstić information content (AvgIpc) is 2.28. The average molecular weight is 253 g/mol. The predicted octanol–water partition coefficient (Wildman–Crippen LogP) is 2.40. The van der Waals surface area contributed by atoms with E-state index < -0.39 is 5.60 Å². The Bertz CT molecular complexity index is 280. The van der Waals surface area contributed by atoms with Crippen molar-refractivity contribution in [3.8, 4) is 0 Å². The minimum absolute atomic E-state index is 0.292. The second-order valence-electron chi connectivity index (χ2n) is 5.89. The third kappa shape index (κ3) is 4.08. The molecule has 0 aromatic carbocycles. The summed E-state index contributed by atoms with van der Waals surface area (Å²) >= 11 is 0. The van der Waals surface area contributed by atoms with E-state index in [2.05, 4.69) is 11.4 Å². The van der Waals surface area contributed by atoms with Gasteiger partial charge in [0.1, 0.15) is 0 Å². The monoisotopic (exact) mass is 253 g/mol. The zero-order valence-electron chi connectivity index (χ0n) is 11.6. The minimum Gasteiger partial charge on any atom is -0.386 e. The van der Waals surface area contributed by atoms with Gasteiger partial charge in [0.05, 0.1) is 18.8 Å². The standard InChI is InChI=1S/C15H27NO2/c1-15(17,11-14-12-18-10-9-16-14)13-7-5-3-2-4-6-8-13/h7,14,16-17H,2-6,8-12H2,1H3. The highest BCUT2D eigenvalue weighted by molar-refractivity contribution is 5.16. The van der Waals surface area contributed by atoms with Crippen molar-refractivity contribution in [1.29, 1.82) is 0 Å². The summed E-state index contributed by atoms with van der Waals surface area (Å²) in [6.07, 6.45) is 10.4. The number of morpholine rings is 1. The van der Waals surface area contributed by atoms with Crippen LogP contribution >= 0.6 is 0 Å². The summed E-state index contributed by atoms with van der Waals surface area (Å²) in [5.41, 5.74) is 0.574. The fourth-order valence-corrected chi connectivity index (χ4v) is 3.04. The predicted molar refractivity (Wildman–Crippen MR) is 73.6 cm³/mol. The Morgan fingerprint density at radius 2 is 2.22 bits per heavy atom. The largest absolute Gasteiger partial charge is 0.386 e. The van der Waals surface area contributed by atoms with Crippen LogP contribution in [0.4, 0.5) is 0 Å². The lowest BCUT2D eigenvalue weighted by Crippen LogP contribution is -2.46. The van der Waals surface area contributed by atoms with Gasteiger partial charge in [-0.1, -0.05) is 18.9 Å². The molecule has 104 valence electrons. The van der Waals surface area contributed by atoms with E-state index in [4.69, 9.17) is 4.74 Å². The highest BCUT2D eigenvalue weighted by Gasteiger charge is 2.30. The molecule has 1 heterocycles. The van der Waals surface area contributed by atoms with Gasteiger partial charge in [-0.3, -0.25) is 0 Å². The van der Waals surface area contributed by atoms with Crippen LogP contribution in [-0.4, -0.2) is 36.5 Å². The van der Waals surface area contributed by atoms with Crippen molar-refractivity contribution in [3.05, 3.63) is 11.6 Å². The Kier molecular flexibility index (Phi) is 5.22. The molecule has 1 aliphatic carbocycles. The van der Waals surface area contributed by atoms with Crippen molar-refractivity contribution in [1.82, 2.24) is 5.32 Å². The van der Waals surface area contributed by atoms with E-state index in [0.717, 1.165) is 39.0 Å². The van der Waals surface area contributed by atoms with Crippen molar-refractivity contribution in [2.75, 3.05) is 19.8 Å². The van der Waals surface area contributed by atoms with E-state index in [1.165, 1.54) is 31.3 Å². The first-order chi connectivity index (χ1) is 8.68. The lowest BCUT2D eigenvalue weighted by molar-refractivity contribution is 0.0246. The molecule has 0 saturated carbocycles. The van der Waals surface area contributed by atoms with Gasteiger partial charge in [-0.05, 0) is 44.6 Å². The molecule has 2 atom stereocenters.